The Morgan fingerprint density at radius 3 is 3.00 bits per heavy atom. The van der Waals surface area contributed by atoms with E-state index in [-0.39, 0.29) is 30.6 Å². The number of nitrogens with zero attached hydrogens (tertiary/aromatic N) is 3. The van der Waals surface area contributed by atoms with Gasteiger partial charge in [0.25, 0.3) is 0 Å². The molecule has 4 heterocycles. The number of esters is 1. The summed E-state index contributed by atoms with van der Waals surface area (Å²) in [6, 6.07) is 9.89. The van der Waals surface area contributed by atoms with Gasteiger partial charge in [0.2, 0.25) is 0 Å². The first-order chi connectivity index (χ1) is 14.2. The Morgan fingerprint density at radius 2 is 2.28 bits per heavy atom. The van der Waals surface area contributed by atoms with E-state index in [1.165, 1.54) is 7.11 Å². The Balaban J connectivity index is 1.65. The third-order valence-corrected chi connectivity index (χ3v) is 5.93. The molecule has 0 aromatic carbocycles. The first-order valence-corrected chi connectivity index (χ1v) is 10.4. The van der Waals surface area contributed by atoms with Crippen molar-refractivity contribution < 1.29 is 14.3 Å². The minimum atomic E-state index is -0.248. The Morgan fingerprint density at radius 1 is 1.38 bits per heavy atom. The second-order valence-corrected chi connectivity index (χ2v) is 7.75. The molecule has 2 aromatic rings. The van der Waals surface area contributed by atoms with Gasteiger partial charge in [-0.1, -0.05) is 6.07 Å². The third-order valence-electron chi connectivity index (χ3n) is 5.57. The summed E-state index contributed by atoms with van der Waals surface area (Å²) < 4.78 is 12.9. The summed E-state index contributed by atoms with van der Waals surface area (Å²) in [4.78, 5) is 18.4. The van der Waals surface area contributed by atoms with E-state index in [0.717, 1.165) is 37.4 Å². The average Bonchev–Trinajstić information content (AvgIpc) is 3.48. The molecule has 0 bridgehead atoms. The van der Waals surface area contributed by atoms with Crippen molar-refractivity contribution in [3.05, 3.63) is 54.1 Å². The molecule has 4 rings (SSSR count). The van der Waals surface area contributed by atoms with Gasteiger partial charge in [-0.15, -0.1) is 0 Å². The maximum Gasteiger partial charge on any atom is 0.307 e. The summed E-state index contributed by atoms with van der Waals surface area (Å²) in [6.45, 7) is 2.13. The van der Waals surface area contributed by atoms with Gasteiger partial charge in [0.15, 0.2) is 5.11 Å². The Labute approximate surface area is 176 Å². The molecule has 0 spiro atoms. The van der Waals surface area contributed by atoms with Crippen LogP contribution in [0, 0.1) is 0 Å². The monoisotopic (exact) mass is 414 g/mol. The standard InChI is InChI=1S/C21H26N4O3S/c1-27-18(26)9-12-25-20(19(23-21(25)29)16-7-2-3-10-22-16)17-8-4-11-24(17)14-15-6-5-13-28-15/h2-4,7-8,10-11,15,19-20H,5-6,9,12-14H2,1H3,(H,23,29)/t15-,19-,20-/m1/s1. The van der Waals surface area contributed by atoms with E-state index in [1.807, 2.05) is 18.2 Å². The van der Waals surface area contributed by atoms with Crippen molar-refractivity contribution in [3.63, 3.8) is 0 Å². The van der Waals surface area contributed by atoms with E-state index in [4.69, 9.17) is 21.7 Å². The lowest BCUT2D eigenvalue weighted by Crippen LogP contribution is -2.33. The first kappa shape index (κ1) is 19.8. The smallest absolute Gasteiger partial charge is 0.307 e. The molecule has 2 aliphatic heterocycles. The first-order valence-electron chi connectivity index (χ1n) is 9.99. The molecule has 0 aliphatic carbocycles. The van der Waals surface area contributed by atoms with Crippen LogP contribution in [0.25, 0.3) is 0 Å². The number of hydrogen-bond donors (Lipinski definition) is 1. The van der Waals surface area contributed by atoms with Gasteiger partial charge in [0.1, 0.15) is 0 Å². The quantitative estimate of drug-likeness (QED) is 0.552. The maximum atomic E-state index is 11.8. The normalized spacial score (nSPS) is 24.0. The highest BCUT2D eigenvalue weighted by Gasteiger charge is 2.41. The molecular weight excluding hydrogens is 388 g/mol. The fourth-order valence-electron chi connectivity index (χ4n) is 4.15. The highest BCUT2D eigenvalue weighted by molar-refractivity contribution is 7.80. The minimum absolute atomic E-state index is 0.0709. The van der Waals surface area contributed by atoms with E-state index in [1.54, 1.807) is 6.20 Å². The SMILES string of the molecule is COC(=O)CCN1C(=S)N[C@H](c2ccccn2)[C@H]1c1cccn1C[C@H]1CCCO1. The number of thiocarbonyl (C=S) groups is 1. The predicted octanol–water partition coefficient (Wildman–Crippen LogP) is 2.60. The lowest BCUT2D eigenvalue weighted by molar-refractivity contribution is -0.140. The fraction of sp³-hybridized carbons (Fsp3) is 0.476. The van der Waals surface area contributed by atoms with Crippen LogP contribution in [0.5, 0.6) is 0 Å². The van der Waals surface area contributed by atoms with Crippen molar-refractivity contribution in [2.24, 2.45) is 0 Å². The van der Waals surface area contributed by atoms with Crippen LogP contribution in [0.2, 0.25) is 0 Å². The molecular formula is C21H26N4O3S. The number of methoxy groups -OCH3 is 1. The Hall–Kier alpha value is -2.45. The van der Waals surface area contributed by atoms with Crippen molar-refractivity contribution in [2.75, 3.05) is 20.3 Å². The molecule has 1 N–H and O–H groups in total. The zero-order valence-electron chi connectivity index (χ0n) is 16.5. The van der Waals surface area contributed by atoms with E-state index in [9.17, 15) is 4.79 Å². The number of carbonyl (C=O) groups excluding carboxylic acids is 1. The van der Waals surface area contributed by atoms with Crippen LogP contribution in [0.1, 0.15) is 42.7 Å². The number of pyridine rings is 1. The maximum absolute atomic E-state index is 11.8. The van der Waals surface area contributed by atoms with Crippen molar-refractivity contribution in [2.45, 2.75) is 44.0 Å². The number of hydrogen-bond acceptors (Lipinski definition) is 5. The number of rotatable bonds is 7. The molecule has 0 amide bonds. The van der Waals surface area contributed by atoms with Crippen molar-refractivity contribution in [1.82, 2.24) is 19.8 Å². The molecule has 0 radical (unpaired) electrons. The zero-order valence-corrected chi connectivity index (χ0v) is 17.3. The fourth-order valence-corrected chi connectivity index (χ4v) is 4.48. The van der Waals surface area contributed by atoms with Gasteiger partial charge < -0.3 is 24.3 Å². The van der Waals surface area contributed by atoms with Crippen LogP contribution >= 0.6 is 12.2 Å². The van der Waals surface area contributed by atoms with Gasteiger partial charge >= 0.3 is 5.97 Å². The molecule has 3 atom stereocenters. The molecule has 2 aromatic heterocycles. The highest BCUT2D eigenvalue weighted by atomic mass is 32.1. The molecule has 2 saturated heterocycles. The predicted molar refractivity (Wildman–Crippen MR) is 112 cm³/mol. The molecule has 2 aliphatic rings. The highest BCUT2D eigenvalue weighted by Crippen LogP contribution is 2.39. The third kappa shape index (κ3) is 4.28. The molecule has 154 valence electrons. The van der Waals surface area contributed by atoms with Crippen LogP contribution in [0.15, 0.2) is 42.7 Å². The van der Waals surface area contributed by atoms with Crippen LogP contribution < -0.4 is 5.32 Å². The topological polar surface area (TPSA) is 68.6 Å². The Bertz CT molecular complexity index is 851. The van der Waals surface area contributed by atoms with Crippen molar-refractivity contribution in [3.8, 4) is 0 Å². The lowest BCUT2D eigenvalue weighted by atomic mass is 10.0. The molecule has 7 nitrogen and oxygen atoms in total. The van der Waals surface area contributed by atoms with E-state index in [0.29, 0.717) is 11.7 Å². The second kappa shape index (κ2) is 8.92. The zero-order chi connectivity index (χ0) is 20.2. The summed E-state index contributed by atoms with van der Waals surface area (Å²) in [6.07, 6.45) is 6.58. The van der Waals surface area contributed by atoms with Crippen LogP contribution in [-0.4, -0.2) is 51.9 Å². The molecule has 2 fully saturated rings. The van der Waals surface area contributed by atoms with Gasteiger partial charge in [-0.05, 0) is 49.3 Å². The molecule has 8 heteroatoms. The Kier molecular flexibility index (Phi) is 6.10. The minimum Gasteiger partial charge on any atom is -0.469 e. The summed E-state index contributed by atoms with van der Waals surface area (Å²) >= 11 is 5.64. The van der Waals surface area contributed by atoms with Gasteiger partial charge in [-0.25, -0.2) is 0 Å². The van der Waals surface area contributed by atoms with Crippen LogP contribution in [0.4, 0.5) is 0 Å². The average molecular weight is 415 g/mol. The number of ether oxygens (including phenoxy) is 2. The summed E-state index contributed by atoms with van der Waals surface area (Å²) in [5.74, 6) is -0.248. The molecule has 0 saturated carbocycles. The number of nitrogens with one attached hydrogen (secondary N) is 1. The van der Waals surface area contributed by atoms with Gasteiger partial charge in [0.05, 0.1) is 37.4 Å². The van der Waals surface area contributed by atoms with Crippen molar-refractivity contribution >= 4 is 23.3 Å². The lowest BCUT2D eigenvalue weighted by Gasteiger charge is -2.29. The van der Waals surface area contributed by atoms with E-state index in [2.05, 4.69) is 38.1 Å². The second-order valence-electron chi connectivity index (χ2n) is 7.37. The van der Waals surface area contributed by atoms with E-state index < -0.39 is 0 Å². The van der Waals surface area contributed by atoms with Gasteiger partial charge in [0, 0.05) is 37.8 Å². The molecule has 0 unspecified atom stereocenters. The van der Waals surface area contributed by atoms with E-state index >= 15 is 0 Å². The van der Waals surface area contributed by atoms with Gasteiger partial charge in [-0.3, -0.25) is 9.78 Å². The van der Waals surface area contributed by atoms with Crippen molar-refractivity contribution in [1.29, 1.82) is 0 Å². The van der Waals surface area contributed by atoms with Gasteiger partial charge in [-0.2, -0.15) is 0 Å². The number of carbonyl (C=O) groups is 1. The summed E-state index contributed by atoms with van der Waals surface area (Å²) in [5, 5.41) is 4.04. The van der Waals surface area contributed by atoms with Crippen LogP contribution in [0.3, 0.4) is 0 Å². The summed E-state index contributed by atoms with van der Waals surface area (Å²) in [7, 11) is 1.41. The largest absolute Gasteiger partial charge is 0.469 e. The molecule has 29 heavy (non-hydrogen) atoms. The number of aromatic nitrogens is 2. The summed E-state index contributed by atoms with van der Waals surface area (Å²) in [5.41, 5.74) is 2.05. The van der Waals surface area contributed by atoms with Crippen LogP contribution in [-0.2, 0) is 20.8 Å².